The number of rotatable bonds is 3. The van der Waals surface area contributed by atoms with Gasteiger partial charge in [0.25, 0.3) is 0 Å². The molecule has 1 atom stereocenters. The zero-order chi connectivity index (χ0) is 14.9. The molecule has 2 aromatic carbocycles. The molecule has 1 unspecified atom stereocenters. The predicted octanol–water partition coefficient (Wildman–Crippen LogP) is 4.99. The lowest BCUT2D eigenvalue weighted by Crippen LogP contribution is -2.19. The number of benzene rings is 2. The highest BCUT2D eigenvalue weighted by Crippen LogP contribution is 2.30. The van der Waals surface area contributed by atoms with Gasteiger partial charge in [-0.25, -0.2) is 0 Å². The first kappa shape index (κ1) is 15.3. The van der Waals surface area contributed by atoms with Crippen LogP contribution in [-0.2, 0) is 0 Å². The van der Waals surface area contributed by atoms with Gasteiger partial charge in [0, 0.05) is 4.47 Å². The topological polar surface area (TPSA) is 12.0 Å². The average molecular weight is 332 g/mol. The minimum absolute atomic E-state index is 0.237. The minimum atomic E-state index is 0.237. The van der Waals surface area contributed by atoms with E-state index in [2.05, 4.69) is 79.3 Å². The molecule has 0 aliphatic rings. The summed E-state index contributed by atoms with van der Waals surface area (Å²) >= 11 is 3.64. The van der Waals surface area contributed by atoms with Gasteiger partial charge in [-0.1, -0.05) is 51.8 Å². The fourth-order valence-electron chi connectivity index (χ4n) is 2.80. The Hall–Kier alpha value is -1.12. The van der Waals surface area contributed by atoms with E-state index in [0.717, 1.165) is 0 Å². The highest BCUT2D eigenvalue weighted by Gasteiger charge is 2.16. The molecule has 20 heavy (non-hydrogen) atoms. The normalized spacial score (nSPS) is 12.5. The van der Waals surface area contributed by atoms with E-state index in [4.69, 9.17) is 0 Å². The molecule has 0 bridgehead atoms. The Balaban J connectivity index is 2.52. The van der Waals surface area contributed by atoms with Crippen molar-refractivity contribution in [1.82, 2.24) is 5.32 Å². The molecule has 1 nitrogen and oxygen atoms in total. The molecule has 2 rings (SSSR count). The van der Waals surface area contributed by atoms with Crippen molar-refractivity contribution in [1.29, 1.82) is 0 Å². The molecule has 0 saturated heterocycles. The lowest BCUT2D eigenvalue weighted by atomic mass is 9.92. The molecule has 2 heteroatoms. The van der Waals surface area contributed by atoms with Crippen LogP contribution in [0.15, 0.2) is 34.8 Å². The molecule has 0 spiro atoms. The van der Waals surface area contributed by atoms with Crippen LogP contribution in [-0.4, -0.2) is 7.05 Å². The molecule has 0 aliphatic heterocycles. The Labute approximate surface area is 130 Å². The highest BCUT2D eigenvalue weighted by molar-refractivity contribution is 9.10. The summed E-state index contributed by atoms with van der Waals surface area (Å²) < 4.78 is 1.21. The van der Waals surface area contributed by atoms with Crippen molar-refractivity contribution in [2.24, 2.45) is 0 Å². The van der Waals surface area contributed by atoms with Crippen LogP contribution in [0.2, 0.25) is 0 Å². The predicted molar refractivity (Wildman–Crippen MR) is 90.4 cm³/mol. The van der Waals surface area contributed by atoms with Gasteiger partial charge in [-0.05, 0) is 62.6 Å². The first-order valence-electron chi connectivity index (χ1n) is 6.95. The summed E-state index contributed by atoms with van der Waals surface area (Å²) in [5, 5.41) is 3.45. The summed E-state index contributed by atoms with van der Waals surface area (Å²) in [6, 6.07) is 11.4. The zero-order valence-electron chi connectivity index (χ0n) is 12.8. The summed E-state index contributed by atoms with van der Waals surface area (Å²) in [5.74, 6) is 0. The second-order valence-electron chi connectivity index (χ2n) is 5.55. The fourth-order valence-corrected chi connectivity index (χ4v) is 3.03. The standard InChI is InChI=1S/C18H22BrN/c1-11-6-7-16(12(2)8-11)18(20-5)15-9-13(3)17(19)14(4)10-15/h6-10,18,20H,1-5H3. The van der Waals surface area contributed by atoms with E-state index in [0.29, 0.717) is 0 Å². The summed E-state index contributed by atoms with van der Waals surface area (Å²) in [7, 11) is 2.02. The Morgan fingerprint density at radius 1 is 0.900 bits per heavy atom. The summed E-state index contributed by atoms with van der Waals surface area (Å²) in [6.45, 7) is 8.62. The number of aryl methyl sites for hydroxylation is 4. The monoisotopic (exact) mass is 331 g/mol. The molecule has 1 N–H and O–H groups in total. The minimum Gasteiger partial charge on any atom is -0.309 e. The van der Waals surface area contributed by atoms with Crippen molar-refractivity contribution in [3.63, 3.8) is 0 Å². The molecule has 0 saturated carbocycles. The van der Waals surface area contributed by atoms with Crippen LogP contribution in [0.4, 0.5) is 0 Å². The lowest BCUT2D eigenvalue weighted by Gasteiger charge is -2.21. The van der Waals surface area contributed by atoms with Gasteiger partial charge in [-0.3, -0.25) is 0 Å². The second kappa shape index (κ2) is 6.11. The molecule has 0 amide bonds. The Bertz CT molecular complexity index is 608. The molecule has 0 aromatic heterocycles. The molecular weight excluding hydrogens is 310 g/mol. The van der Waals surface area contributed by atoms with Crippen molar-refractivity contribution in [3.05, 3.63) is 68.2 Å². The quantitative estimate of drug-likeness (QED) is 0.835. The van der Waals surface area contributed by atoms with Gasteiger partial charge < -0.3 is 5.32 Å². The van der Waals surface area contributed by atoms with E-state index in [9.17, 15) is 0 Å². The lowest BCUT2D eigenvalue weighted by molar-refractivity contribution is 0.686. The van der Waals surface area contributed by atoms with Gasteiger partial charge in [0.05, 0.1) is 6.04 Å². The van der Waals surface area contributed by atoms with Crippen LogP contribution in [0.1, 0.15) is 39.4 Å². The van der Waals surface area contributed by atoms with Gasteiger partial charge in [0.15, 0.2) is 0 Å². The smallest absolute Gasteiger partial charge is 0.0577 e. The van der Waals surface area contributed by atoms with E-state index < -0.39 is 0 Å². The van der Waals surface area contributed by atoms with Gasteiger partial charge in [-0.15, -0.1) is 0 Å². The van der Waals surface area contributed by atoms with Crippen molar-refractivity contribution < 1.29 is 0 Å². The van der Waals surface area contributed by atoms with E-state index in [-0.39, 0.29) is 6.04 Å². The van der Waals surface area contributed by atoms with Crippen LogP contribution < -0.4 is 5.32 Å². The first-order valence-corrected chi connectivity index (χ1v) is 7.74. The van der Waals surface area contributed by atoms with E-state index in [1.165, 1.54) is 37.9 Å². The Morgan fingerprint density at radius 2 is 1.50 bits per heavy atom. The highest BCUT2D eigenvalue weighted by atomic mass is 79.9. The van der Waals surface area contributed by atoms with E-state index in [1.807, 2.05) is 7.05 Å². The zero-order valence-corrected chi connectivity index (χ0v) is 14.4. The van der Waals surface area contributed by atoms with Crippen LogP contribution in [0, 0.1) is 27.7 Å². The molecule has 2 aromatic rings. The molecule has 0 heterocycles. The van der Waals surface area contributed by atoms with Crippen molar-refractivity contribution in [2.75, 3.05) is 7.05 Å². The molecule has 0 aliphatic carbocycles. The van der Waals surface area contributed by atoms with Crippen molar-refractivity contribution in [2.45, 2.75) is 33.7 Å². The number of nitrogens with one attached hydrogen (secondary N) is 1. The van der Waals surface area contributed by atoms with Gasteiger partial charge in [0.1, 0.15) is 0 Å². The van der Waals surface area contributed by atoms with Crippen LogP contribution in [0.5, 0.6) is 0 Å². The SMILES string of the molecule is CNC(c1cc(C)c(Br)c(C)c1)c1ccc(C)cc1C. The third-order valence-corrected chi connectivity index (χ3v) is 5.07. The maximum atomic E-state index is 3.64. The van der Waals surface area contributed by atoms with Crippen molar-refractivity contribution >= 4 is 15.9 Å². The second-order valence-corrected chi connectivity index (χ2v) is 6.34. The largest absolute Gasteiger partial charge is 0.309 e. The fraction of sp³-hybridized carbons (Fsp3) is 0.333. The van der Waals surface area contributed by atoms with Crippen LogP contribution in [0.25, 0.3) is 0 Å². The molecular formula is C18H22BrN. The number of halogens is 1. The maximum absolute atomic E-state index is 3.64. The summed E-state index contributed by atoms with van der Waals surface area (Å²) in [4.78, 5) is 0. The molecule has 106 valence electrons. The third kappa shape index (κ3) is 2.97. The van der Waals surface area contributed by atoms with Gasteiger partial charge in [0.2, 0.25) is 0 Å². The van der Waals surface area contributed by atoms with Crippen LogP contribution in [0.3, 0.4) is 0 Å². The molecule has 0 radical (unpaired) electrons. The van der Waals surface area contributed by atoms with E-state index >= 15 is 0 Å². The number of hydrogen-bond donors (Lipinski definition) is 1. The number of hydrogen-bond acceptors (Lipinski definition) is 1. The van der Waals surface area contributed by atoms with E-state index in [1.54, 1.807) is 0 Å². The maximum Gasteiger partial charge on any atom is 0.0577 e. The Kier molecular flexibility index (Phi) is 4.66. The average Bonchev–Trinajstić information content (AvgIpc) is 2.39. The third-order valence-electron chi connectivity index (χ3n) is 3.82. The van der Waals surface area contributed by atoms with Crippen LogP contribution >= 0.6 is 15.9 Å². The summed E-state index contributed by atoms with van der Waals surface area (Å²) in [6.07, 6.45) is 0. The van der Waals surface area contributed by atoms with Gasteiger partial charge >= 0.3 is 0 Å². The summed E-state index contributed by atoms with van der Waals surface area (Å²) in [5.41, 5.74) is 7.87. The van der Waals surface area contributed by atoms with Crippen molar-refractivity contribution in [3.8, 4) is 0 Å². The molecule has 0 fully saturated rings. The Morgan fingerprint density at radius 3 is 2.00 bits per heavy atom. The van der Waals surface area contributed by atoms with Gasteiger partial charge in [-0.2, -0.15) is 0 Å². The first-order chi connectivity index (χ1) is 9.43.